The van der Waals surface area contributed by atoms with Crippen molar-refractivity contribution in [3.8, 4) is 51.3 Å². The molecule has 0 bridgehead atoms. The Balaban J connectivity index is 0.733. The van der Waals surface area contributed by atoms with Crippen LogP contribution < -0.4 is 18.9 Å². The normalized spacial score (nSPS) is 17.1. The highest BCUT2D eigenvalue weighted by Crippen LogP contribution is 2.40. The van der Waals surface area contributed by atoms with Crippen LogP contribution in [0.1, 0.15) is 157 Å². The van der Waals surface area contributed by atoms with E-state index in [1.54, 1.807) is 0 Å². The first-order valence-corrected chi connectivity index (χ1v) is 28.4. The summed E-state index contributed by atoms with van der Waals surface area (Å²) in [6, 6.07) is 42.9. The molecule has 0 aromatic heterocycles. The maximum atomic E-state index is 11.1. The molecule has 0 heterocycles. The minimum absolute atomic E-state index is 0.360. The van der Waals surface area contributed by atoms with E-state index in [0.29, 0.717) is 68.7 Å². The summed E-state index contributed by atoms with van der Waals surface area (Å²) in [5.41, 5.74) is 8.30. The second-order valence-electron chi connectivity index (χ2n) is 20.8. The first-order chi connectivity index (χ1) is 37.4. The van der Waals surface area contributed by atoms with Crippen LogP contribution in [0.3, 0.4) is 0 Å². The van der Waals surface area contributed by atoms with Crippen LogP contribution in [0.5, 0.6) is 23.0 Å². The lowest BCUT2D eigenvalue weighted by molar-refractivity contribution is -0.138. The molecular weight excluding hydrogens is 947 g/mol. The molecule has 0 saturated heterocycles. The Bertz CT molecular complexity index is 2550. The molecule has 0 unspecified atom stereocenters. The molecule has 2 aliphatic rings. The third kappa shape index (κ3) is 19.1. The Labute approximate surface area is 453 Å². The number of esters is 2. The van der Waals surface area contributed by atoms with Crippen molar-refractivity contribution in [3.05, 3.63) is 157 Å². The Kier molecular flexibility index (Phi) is 23.9. The summed E-state index contributed by atoms with van der Waals surface area (Å²) >= 11 is 0. The molecule has 9 heteroatoms. The van der Waals surface area contributed by atoms with Gasteiger partial charge in [-0.1, -0.05) is 86.0 Å². The van der Waals surface area contributed by atoms with E-state index in [-0.39, 0.29) is 11.9 Å². The Morgan fingerprint density at radius 2 is 0.803 bits per heavy atom. The molecule has 402 valence electrons. The van der Waals surface area contributed by atoms with Crippen molar-refractivity contribution in [2.24, 2.45) is 11.8 Å². The van der Waals surface area contributed by atoms with Crippen LogP contribution in [-0.2, 0) is 19.1 Å². The number of rotatable bonds is 32. The molecule has 0 radical (unpaired) electrons. The van der Waals surface area contributed by atoms with Gasteiger partial charge in [-0.2, -0.15) is 5.26 Å². The van der Waals surface area contributed by atoms with Gasteiger partial charge in [0.05, 0.1) is 51.3 Å². The minimum Gasteiger partial charge on any atom is -0.494 e. The van der Waals surface area contributed by atoms with Gasteiger partial charge in [-0.05, 0) is 222 Å². The van der Waals surface area contributed by atoms with Gasteiger partial charge in [0.2, 0.25) is 0 Å². The largest absolute Gasteiger partial charge is 0.494 e. The minimum atomic E-state index is -0.360. The molecule has 0 atom stereocenters. The Morgan fingerprint density at radius 1 is 0.434 bits per heavy atom. The topological polar surface area (TPSA) is 113 Å². The summed E-state index contributed by atoms with van der Waals surface area (Å²) in [5, 5.41) is 9.65. The molecule has 0 N–H and O–H groups in total. The quantitative estimate of drug-likeness (QED) is 0.0236. The van der Waals surface area contributed by atoms with Crippen LogP contribution in [0.4, 0.5) is 0 Å². The van der Waals surface area contributed by atoms with E-state index >= 15 is 0 Å². The number of benzene rings is 5. The summed E-state index contributed by atoms with van der Waals surface area (Å²) in [5.74, 6) is 5.12. The standard InChI is InChI=1S/C67H81NO8/c1-3-66(69)75-45-11-7-5-9-43-71-62-38-34-60(35-39-62)58-30-26-56(27-31-58)54-22-17-51(18-23-54)15-13-47-73-64-42-21-53(50-68)49-65(64)74-48-14-16-52-19-24-55(25-20-52)57-28-32-59(33-29-57)61-36-40-63(41-37-61)72-44-10-6-8-12-46-76-67(70)4-2/h3-4,21,26-42,49,51-52,54-55H,1-2,5-20,22-25,43-48H2. The Hall–Kier alpha value is -6.79. The molecule has 5 aromatic rings. The maximum Gasteiger partial charge on any atom is 0.330 e. The first kappa shape index (κ1) is 56.9. The average Bonchev–Trinajstić information content (AvgIpc) is 3.47. The lowest BCUT2D eigenvalue weighted by atomic mass is 9.77. The number of unbranched alkanes of at least 4 members (excludes halogenated alkanes) is 6. The van der Waals surface area contributed by atoms with Crippen LogP contribution in [0.2, 0.25) is 0 Å². The number of hydrogen-bond acceptors (Lipinski definition) is 9. The summed E-state index contributed by atoms with van der Waals surface area (Å²) < 4.78 is 34.6. The molecule has 2 saturated carbocycles. The number of nitrogens with zero attached hydrogens (tertiary/aromatic N) is 1. The fourth-order valence-electron chi connectivity index (χ4n) is 10.8. The van der Waals surface area contributed by atoms with Gasteiger partial charge in [-0.15, -0.1) is 0 Å². The van der Waals surface area contributed by atoms with Gasteiger partial charge in [0, 0.05) is 18.2 Å². The zero-order valence-electron chi connectivity index (χ0n) is 44.9. The van der Waals surface area contributed by atoms with Crippen LogP contribution in [-0.4, -0.2) is 51.6 Å². The number of hydrogen-bond donors (Lipinski definition) is 0. The van der Waals surface area contributed by atoms with Crippen molar-refractivity contribution in [2.45, 2.75) is 140 Å². The van der Waals surface area contributed by atoms with E-state index in [1.165, 1.54) is 96.9 Å². The van der Waals surface area contributed by atoms with Gasteiger partial charge in [0.1, 0.15) is 11.5 Å². The molecule has 0 aliphatic heterocycles. The van der Waals surface area contributed by atoms with Gasteiger partial charge < -0.3 is 28.4 Å². The molecule has 0 spiro atoms. The zero-order chi connectivity index (χ0) is 53.0. The van der Waals surface area contributed by atoms with Gasteiger partial charge in [-0.25, -0.2) is 9.59 Å². The van der Waals surface area contributed by atoms with Crippen molar-refractivity contribution >= 4 is 11.9 Å². The van der Waals surface area contributed by atoms with Gasteiger partial charge in [0.25, 0.3) is 0 Å². The smallest absolute Gasteiger partial charge is 0.330 e. The zero-order valence-corrected chi connectivity index (χ0v) is 44.9. The molecule has 2 aliphatic carbocycles. The summed E-state index contributed by atoms with van der Waals surface area (Å²) in [6.07, 6.45) is 24.3. The van der Waals surface area contributed by atoms with Crippen molar-refractivity contribution in [1.29, 1.82) is 5.26 Å². The second kappa shape index (κ2) is 31.9. The number of carbonyl (C=O) groups excluding carboxylic acids is 2. The predicted octanol–water partition coefficient (Wildman–Crippen LogP) is 16.5. The third-order valence-electron chi connectivity index (χ3n) is 15.4. The summed E-state index contributed by atoms with van der Waals surface area (Å²) in [6.45, 7) is 10.3. The third-order valence-corrected chi connectivity index (χ3v) is 15.4. The van der Waals surface area contributed by atoms with E-state index in [9.17, 15) is 14.9 Å². The fourth-order valence-corrected chi connectivity index (χ4v) is 10.8. The molecule has 5 aromatic carbocycles. The Morgan fingerprint density at radius 3 is 1.20 bits per heavy atom. The van der Waals surface area contributed by atoms with Crippen LogP contribution in [0.15, 0.2) is 141 Å². The predicted molar refractivity (Wildman–Crippen MR) is 304 cm³/mol. The van der Waals surface area contributed by atoms with Gasteiger partial charge >= 0.3 is 11.9 Å². The highest BCUT2D eigenvalue weighted by molar-refractivity contribution is 5.81. The molecule has 7 rings (SSSR count). The number of ether oxygens (including phenoxy) is 6. The van der Waals surface area contributed by atoms with Crippen molar-refractivity contribution in [2.75, 3.05) is 39.6 Å². The number of carbonyl (C=O) groups is 2. The highest BCUT2D eigenvalue weighted by atomic mass is 16.5. The second-order valence-corrected chi connectivity index (χ2v) is 20.8. The molecule has 2 fully saturated rings. The fraction of sp³-hybridized carbons (Fsp3) is 0.448. The van der Waals surface area contributed by atoms with Gasteiger partial charge in [-0.3, -0.25) is 0 Å². The number of nitriles is 1. The van der Waals surface area contributed by atoms with Crippen molar-refractivity contribution in [3.63, 3.8) is 0 Å². The van der Waals surface area contributed by atoms with Gasteiger partial charge in [0.15, 0.2) is 11.5 Å². The first-order valence-electron chi connectivity index (χ1n) is 28.4. The molecular formula is C67H81NO8. The summed E-state index contributed by atoms with van der Waals surface area (Å²) in [7, 11) is 0. The van der Waals surface area contributed by atoms with Crippen molar-refractivity contribution in [1.82, 2.24) is 0 Å². The van der Waals surface area contributed by atoms with E-state index in [1.807, 2.05) is 18.2 Å². The average molecular weight is 1030 g/mol. The highest BCUT2D eigenvalue weighted by Gasteiger charge is 2.24. The molecule has 0 amide bonds. The lowest BCUT2D eigenvalue weighted by Gasteiger charge is -2.29. The van der Waals surface area contributed by atoms with Crippen LogP contribution in [0.25, 0.3) is 22.3 Å². The SMILES string of the molecule is C=CC(=O)OCCCCCCOc1ccc(-c2ccc(C3CCC(CCCOc4ccc(C#N)cc4OCCCC4CCC(c5ccc(-c6ccc(OCCCCCCOC(=O)C=C)cc6)cc5)CC4)CC3)cc2)cc1. The summed E-state index contributed by atoms with van der Waals surface area (Å²) in [4.78, 5) is 22.3. The molecule has 9 nitrogen and oxygen atoms in total. The van der Waals surface area contributed by atoms with E-state index in [0.717, 1.165) is 100 Å². The van der Waals surface area contributed by atoms with Crippen molar-refractivity contribution < 1.29 is 38.0 Å². The monoisotopic (exact) mass is 1030 g/mol. The van der Waals surface area contributed by atoms with Crippen LogP contribution in [0, 0.1) is 23.2 Å². The molecule has 76 heavy (non-hydrogen) atoms. The van der Waals surface area contributed by atoms with E-state index in [4.69, 9.17) is 28.4 Å². The van der Waals surface area contributed by atoms with Crippen LogP contribution >= 0.6 is 0 Å². The van der Waals surface area contributed by atoms with E-state index < -0.39 is 0 Å². The lowest BCUT2D eigenvalue weighted by Crippen LogP contribution is -2.14. The maximum absolute atomic E-state index is 11.1. The van der Waals surface area contributed by atoms with E-state index in [2.05, 4.69) is 116 Å².